The third-order valence-corrected chi connectivity index (χ3v) is 6.37. The Bertz CT molecular complexity index is 957. The summed E-state index contributed by atoms with van der Waals surface area (Å²) in [6, 6.07) is 3.74. The number of oxime groups is 1. The van der Waals surface area contributed by atoms with Crippen molar-refractivity contribution in [3.8, 4) is 0 Å². The van der Waals surface area contributed by atoms with Crippen LogP contribution in [0.1, 0.15) is 5.69 Å². The maximum atomic E-state index is 12.7. The fourth-order valence-electron chi connectivity index (χ4n) is 3.20. The molecule has 2 aliphatic rings. The molecule has 3 amide bonds. The molecule has 0 bridgehead atoms. The number of amides is 3. The zero-order valence-electron chi connectivity index (χ0n) is 16.3. The first-order valence-corrected chi connectivity index (χ1v) is 9.96. The Balaban J connectivity index is 1.71. The van der Waals surface area contributed by atoms with Gasteiger partial charge >= 0.3 is 12.1 Å². The molecule has 2 saturated heterocycles. The highest BCUT2D eigenvalue weighted by Gasteiger charge is 2.58. The van der Waals surface area contributed by atoms with Crippen molar-refractivity contribution < 1.29 is 33.9 Å². The third kappa shape index (κ3) is 4.33. The average Bonchev–Trinajstić information content (AvgIpc) is 2.73. The number of fused-ring (bicyclic) bond motifs is 1. The van der Waals surface area contributed by atoms with Gasteiger partial charge in [0, 0.05) is 12.3 Å². The molecule has 2 fully saturated rings. The Morgan fingerprint density at radius 2 is 2.19 bits per heavy atom. The molecule has 0 radical (unpaired) electrons. The van der Waals surface area contributed by atoms with Crippen LogP contribution in [-0.2, 0) is 24.0 Å². The summed E-state index contributed by atoms with van der Waals surface area (Å²) < 4.78 is 4.69. The predicted octanol–water partition coefficient (Wildman–Crippen LogP) is -1.42. The number of aromatic nitrogens is 1. The number of nitrogen functional groups attached to an aromatic ring is 1. The van der Waals surface area contributed by atoms with E-state index < -0.39 is 47.3 Å². The molecule has 6 N–H and O–H groups in total. The highest BCUT2D eigenvalue weighted by atomic mass is 32.2. The summed E-state index contributed by atoms with van der Waals surface area (Å²) in [7, 11) is 1.26. The number of carboxylic acid groups (broad SMARTS) is 1. The average molecular weight is 452 g/mol. The third-order valence-electron chi connectivity index (χ3n) is 4.79. The Morgan fingerprint density at radius 1 is 1.45 bits per heavy atom. The summed E-state index contributed by atoms with van der Waals surface area (Å²) >= 11 is 1.15. The molecule has 1 aromatic rings. The molecule has 3 atom stereocenters. The Labute approximate surface area is 180 Å². The van der Waals surface area contributed by atoms with Gasteiger partial charge in [-0.2, -0.15) is 0 Å². The van der Waals surface area contributed by atoms with Crippen LogP contribution in [0.2, 0.25) is 0 Å². The lowest BCUT2D eigenvalue weighted by atomic mass is 9.88. The largest absolute Gasteiger partial charge is 0.481 e. The van der Waals surface area contributed by atoms with Crippen LogP contribution in [-0.4, -0.2) is 82.0 Å². The highest BCUT2D eigenvalue weighted by molar-refractivity contribution is 8.00. The minimum absolute atomic E-state index is 0.0478. The van der Waals surface area contributed by atoms with E-state index in [1.54, 1.807) is 6.07 Å². The molecular formula is C17H20N6O7S. The number of carbonyl (C=O) groups excluding carboxylic acids is 3. The molecule has 166 valence electrons. The SMILES string of the molecule is CON=C(C(=O)NC1C(=O)N2CC(COC(N)=O)(C(=O)O)CS[C@H]12)c1cccc(N)n1. The van der Waals surface area contributed by atoms with Gasteiger partial charge in [0.15, 0.2) is 5.71 Å². The maximum absolute atomic E-state index is 12.7. The fraction of sp³-hybridized carbons (Fsp3) is 0.412. The summed E-state index contributed by atoms with van der Waals surface area (Å²) in [5.74, 6) is -2.18. The molecule has 1 aromatic heterocycles. The second-order valence-electron chi connectivity index (χ2n) is 6.88. The smallest absolute Gasteiger partial charge is 0.404 e. The maximum Gasteiger partial charge on any atom is 0.404 e. The topological polar surface area (TPSA) is 200 Å². The molecule has 0 spiro atoms. The van der Waals surface area contributed by atoms with Crippen molar-refractivity contribution in [3.05, 3.63) is 23.9 Å². The number of pyridine rings is 1. The van der Waals surface area contributed by atoms with Gasteiger partial charge in [-0.1, -0.05) is 11.2 Å². The molecule has 0 aromatic carbocycles. The lowest BCUT2D eigenvalue weighted by molar-refractivity contribution is -0.160. The van der Waals surface area contributed by atoms with E-state index in [1.807, 2.05) is 0 Å². The standard InChI is InChI=1S/C17H20N6O7S/c1-29-22-10(8-3-2-4-9(18)20-8)12(24)21-11-13(25)23-5-17(15(26)27,6-30-16(19)28)7-31-14(11)23/h2-4,11,14H,5-7H2,1H3,(H2,18,20)(H2,19,28)(H,21,24)(H,26,27)/t11?,14-,17?/m1/s1. The lowest BCUT2D eigenvalue weighted by Gasteiger charge is -2.53. The first-order valence-electron chi connectivity index (χ1n) is 8.91. The molecule has 3 heterocycles. The fourth-order valence-corrected chi connectivity index (χ4v) is 4.73. The second-order valence-corrected chi connectivity index (χ2v) is 7.99. The van der Waals surface area contributed by atoms with Crippen LogP contribution in [0.25, 0.3) is 0 Å². The number of thioether (sulfide) groups is 1. The van der Waals surface area contributed by atoms with E-state index in [4.69, 9.17) is 16.3 Å². The summed E-state index contributed by atoms with van der Waals surface area (Å²) in [6.07, 6.45) is -1.10. The number of carbonyl (C=O) groups is 4. The monoisotopic (exact) mass is 452 g/mol. The summed E-state index contributed by atoms with van der Waals surface area (Å²) in [5.41, 5.74) is 9.08. The van der Waals surface area contributed by atoms with Crippen molar-refractivity contribution in [2.45, 2.75) is 11.4 Å². The van der Waals surface area contributed by atoms with Gasteiger partial charge in [-0.15, -0.1) is 11.8 Å². The summed E-state index contributed by atoms with van der Waals surface area (Å²) in [6.45, 7) is -0.655. The van der Waals surface area contributed by atoms with Gasteiger partial charge in [0.1, 0.15) is 42.1 Å². The molecular weight excluding hydrogens is 432 g/mol. The molecule has 13 nitrogen and oxygen atoms in total. The number of rotatable bonds is 7. The quantitative estimate of drug-likeness (QED) is 0.216. The first-order chi connectivity index (χ1) is 14.7. The summed E-state index contributed by atoms with van der Waals surface area (Å²) in [4.78, 5) is 58.1. The van der Waals surface area contributed by atoms with E-state index in [0.29, 0.717) is 0 Å². The number of primary amides is 1. The molecule has 31 heavy (non-hydrogen) atoms. The molecule has 14 heteroatoms. The Hall–Kier alpha value is -3.55. The van der Waals surface area contributed by atoms with E-state index in [2.05, 4.69) is 20.2 Å². The van der Waals surface area contributed by atoms with Crippen LogP contribution >= 0.6 is 11.8 Å². The number of nitrogens with two attached hydrogens (primary N) is 2. The number of ether oxygens (including phenoxy) is 1. The van der Waals surface area contributed by atoms with Crippen molar-refractivity contribution in [1.82, 2.24) is 15.2 Å². The number of hydrogen-bond acceptors (Lipinski definition) is 10. The van der Waals surface area contributed by atoms with Gasteiger partial charge in [0.2, 0.25) is 5.91 Å². The number of hydrogen-bond donors (Lipinski definition) is 4. The predicted molar refractivity (Wildman–Crippen MR) is 108 cm³/mol. The lowest BCUT2D eigenvalue weighted by Crippen LogP contribution is -2.74. The minimum Gasteiger partial charge on any atom is -0.481 e. The number of β-lactam (4-membered cyclic amide) rings is 1. The van der Waals surface area contributed by atoms with Crippen molar-refractivity contribution in [2.24, 2.45) is 16.3 Å². The number of aliphatic carboxylic acids is 1. The molecule has 3 rings (SSSR count). The number of anilines is 1. The molecule has 2 unspecified atom stereocenters. The zero-order valence-corrected chi connectivity index (χ0v) is 17.1. The number of nitrogens with one attached hydrogen (secondary N) is 1. The van der Waals surface area contributed by atoms with Crippen LogP contribution in [0.4, 0.5) is 10.6 Å². The summed E-state index contributed by atoms with van der Waals surface area (Å²) in [5, 5.41) is 15.4. The first kappa shape index (κ1) is 22.1. The van der Waals surface area contributed by atoms with Crippen molar-refractivity contribution in [2.75, 3.05) is 31.7 Å². The highest BCUT2D eigenvalue weighted by Crippen LogP contribution is 2.42. The van der Waals surface area contributed by atoms with Gasteiger partial charge < -0.3 is 36.4 Å². The van der Waals surface area contributed by atoms with E-state index in [1.165, 1.54) is 24.1 Å². The van der Waals surface area contributed by atoms with E-state index in [-0.39, 0.29) is 29.5 Å². The van der Waals surface area contributed by atoms with Crippen LogP contribution in [0.15, 0.2) is 23.4 Å². The van der Waals surface area contributed by atoms with Crippen LogP contribution in [0.3, 0.4) is 0 Å². The van der Waals surface area contributed by atoms with Crippen molar-refractivity contribution in [3.63, 3.8) is 0 Å². The van der Waals surface area contributed by atoms with Gasteiger partial charge in [-0.05, 0) is 12.1 Å². The zero-order chi connectivity index (χ0) is 22.8. The number of nitrogens with zero attached hydrogens (tertiary/aromatic N) is 3. The second kappa shape index (κ2) is 8.67. The molecule has 2 aliphatic heterocycles. The minimum atomic E-state index is -1.49. The van der Waals surface area contributed by atoms with Crippen LogP contribution in [0, 0.1) is 5.41 Å². The normalized spacial score (nSPS) is 25.1. The molecule has 0 aliphatic carbocycles. The van der Waals surface area contributed by atoms with E-state index >= 15 is 0 Å². The molecule has 0 saturated carbocycles. The van der Waals surface area contributed by atoms with E-state index in [0.717, 1.165) is 11.8 Å². The van der Waals surface area contributed by atoms with Crippen LogP contribution < -0.4 is 16.8 Å². The van der Waals surface area contributed by atoms with Crippen molar-refractivity contribution in [1.29, 1.82) is 0 Å². The Morgan fingerprint density at radius 3 is 2.81 bits per heavy atom. The van der Waals surface area contributed by atoms with E-state index in [9.17, 15) is 24.3 Å². The van der Waals surface area contributed by atoms with Gasteiger partial charge in [-0.3, -0.25) is 14.4 Å². The number of carboxylic acids is 1. The Kier molecular flexibility index (Phi) is 6.19. The van der Waals surface area contributed by atoms with Gasteiger partial charge in [0.05, 0.1) is 0 Å². The van der Waals surface area contributed by atoms with Gasteiger partial charge in [-0.25, -0.2) is 9.78 Å². The van der Waals surface area contributed by atoms with Crippen molar-refractivity contribution >= 4 is 47.2 Å². The van der Waals surface area contributed by atoms with Gasteiger partial charge in [0.25, 0.3) is 5.91 Å². The van der Waals surface area contributed by atoms with Crippen LogP contribution in [0.5, 0.6) is 0 Å².